The van der Waals surface area contributed by atoms with Gasteiger partial charge in [-0.2, -0.15) is 0 Å². The molecular weight excluding hydrogens is 195 g/mol. The van der Waals surface area contributed by atoms with Crippen molar-refractivity contribution in [3.8, 4) is 0 Å². The van der Waals surface area contributed by atoms with E-state index < -0.39 is 15.8 Å². The number of nitrogens with two attached hydrogens (primary N) is 1. The Morgan fingerprint density at radius 3 is 2.54 bits per heavy atom. The number of rotatable bonds is 2. The maximum atomic E-state index is 12.5. The highest BCUT2D eigenvalue weighted by molar-refractivity contribution is 7.92. The highest BCUT2D eigenvalue weighted by Gasteiger charge is 2.05. The van der Waals surface area contributed by atoms with Gasteiger partial charge in [0.15, 0.2) is 0 Å². The summed E-state index contributed by atoms with van der Waals surface area (Å²) in [6.07, 6.45) is 0.996. The van der Waals surface area contributed by atoms with Gasteiger partial charge in [0, 0.05) is 0 Å². The molecular formula is C7H9FN2O2S. The molecule has 0 radical (unpaired) electrons. The number of sulfonamides is 1. The SMILES string of the molecule is CS(=O)(=O)Nc1ccc(F)cc1N. The van der Waals surface area contributed by atoms with Crippen molar-refractivity contribution in [1.82, 2.24) is 0 Å². The zero-order valence-electron chi connectivity index (χ0n) is 6.91. The van der Waals surface area contributed by atoms with E-state index in [9.17, 15) is 12.8 Å². The van der Waals surface area contributed by atoms with E-state index in [-0.39, 0.29) is 11.4 Å². The lowest BCUT2D eigenvalue weighted by atomic mass is 10.3. The van der Waals surface area contributed by atoms with Crippen LogP contribution in [0.2, 0.25) is 0 Å². The summed E-state index contributed by atoms with van der Waals surface area (Å²) in [4.78, 5) is 0. The summed E-state index contributed by atoms with van der Waals surface area (Å²) in [5, 5.41) is 0. The van der Waals surface area contributed by atoms with Gasteiger partial charge in [-0.15, -0.1) is 0 Å². The van der Waals surface area contributed by atoms with Crippen molar-refractivity contribution in [2.75, 3.05) is 16.7 Å². The van der Waals surface area contributed by atoms with Crippen molar-refractivity contribution in [1.29, 1.82) is 0 Å². The fourth-order valence-electron chi connectivity index (χ4n) is 0.826. The van der Waals surface area contributed by atoms with Crippen molar-refractivity contribution in [3.05, 3.63) is 24.0 Å². The molecule has 0 saturated heterocycles. The highest BCUT2D eigenvalue weighted by atomic mass is 32.2. The van der Waals surface area contributed by atoms with Crippen LogP contribution in [0.25, 0.3) is 0 Å². The second-order valence-electron chi connectivity index (χ2n) is 2.61. The van der Waals surface area contributed by atoms with Crippen LogP contribution in [0.1, 0.15) is 0 Å². The highest BCUT2D eigenvalue weighted by Crippen LogP contribution is 2.19. The number of anilines is 2. The summed E-state index contributed by atoms with van der Waals surface area (Å²) in [6, 6.07) is 3.45. The first-order valence-corrected chi connectivity index (χ1v) is 5.30. The van der Waals surface area contributed by atoms with Crippen LogP contribution in [0, 0.1) is 5.82 Å². The Morgan fingerprint density at radius 1 is 1.46 bits per heavy atom. The van der Waals surface area contributed by atoms with Gasteiger partial charge in [0.05, 0.1) is 17.6 Å². The van der Waals surface area contributed by atoms with E-state index in [1.54, 1.807) is 0 Å². The van der Waals surface area contributed by atoms with E-state index in [1.165, 1.54) is 6.07 Å². The number of nitrogen functional groups attached to an aromatic ring is 1. The van der Waals surface area contributed by atoms with E-state index in [1.807, 2.05) is 0 Å². The minimum atomic E-state index is -3.36. The van der Waals surface area contributed by atoms with Crippen LogP contribution in [0.4, 0.5) is 15.8 Å². The predicted molar refractivity (Wildman–Crippen MR) is 49.3 cm³/mol. The maximum Gasteiger partial charge on any atom is 0.229 e. The number of benzene rings is 1. The molecule has 0 aliphatic carbocycles. The van der Waals surface area contributed by atoms with Crippen LogP contribution < -0.4 is 10.5 Å². The molecule has 0 aliphatic rings. The molecule has 1 aromatic rings. The first kappa shape index (κ1) is 9.79. The Bertz CT molecular complexity index is 417. The molecule has 0 unspecified atom stereocenters. The fourth-order valence-corrected chi connectivity index (χ4v) is 1.41. The minimum Gasteiger partial charge on any atom is -0.397 e. The Hall–Kier alpha value is -1.30. The van der Waals surface area contributed by atoms with Gasteiger partial charge < -0.3 is 5.73 Å². The zero-order chi connectivity index (χ0) is 10.1. The molecule has 6 heteroatoms. The molecule has 0 aromatic heterocycles. The summed E-state index contributed by atoms with van der Waals surface area (Å²) in [7, 11) is -3.36. The van der Waals surface area contributed by atoms with E-state index >= 15 is 0 Å². The normalized spacial score (nSPS) is 11.2. The Labute approximate surface area is 75.6 Å². The average Bonchev–Trinajstić information content (AvgIpc) is 1.93. The van der Waals surface area contributed by atoms with Crippen molar-refractivity contribution in [2.45, 2.75) is 0 Å². The molecule has 4 nitrogen and oxygen atoms in total. The molecule has 0 atom stereocenters. The van der Waals surface area contributed by atoms with Crippen LogP contribution in [0.3, 0.4) is 0 Å². The van der Waals surface area contributed by atoms with Gasteiger partial charge in [-0.1, -0.05) is 0 Å². The largest absolute Gasteiger partial charge is 0.397 e. The quantitative estimate of drug-likeness (QED) is 0.699. The summed E-state index contributed by atoms with van der Waals surface area (Å²) >= 11 is 0. The average molecular weight is 204 g/mol. The molecule has 0 amide bonds. The summed E-state index contributed by atoms with van der Waals surface area (Å²) in [6.45, 7) is 0. The number of hydrogen-bond donors (Lipinski definition) is 2. The molecule has 13 heavy (non-hydrogen) atoms. The lowest BCUT2D eigenvalue weighted by molar-refractivity contribution is 0.606. The summed E-state index contributed by atoms with van der Waals surface area (Å²) in [5.41, 5.74) is 5.61. The zero-order valence-corrected chi connectivity index (χ0v) is 7.73. The van der Waals surface area contributed by atoms with Gasteiger partial charge in [-0.05, 0) is 18.2 Å². The summed E-state index contributed by atoms with van der Waals surface area (Å²) < 4.78 is 36.2. The number of halogens is 1. The van der Waals surface area contributed by atoms with Crippen molar-refractivity contribution in [2.24, 2.45) is 0 Å². The third-order valence-electron chi connectivity index (χ3n) is 1.31. The molecule has 1 aromatic carbocycles. The Morgan fingerprint density at radius 2 is 2.08 bits per heavy atom. The monoisotopic (exact) mass is 204 g/mol. The topological polar surface area (TPSA) is 72.2 Å². The first-order valence-electron chi connectivity index (χ1n) is 3.41. The Balaban J connectivity index is 3.04. The smallest absolute Gasteiger partial charge is 0.229 e. The van der Waals surface area contributed by atoms with Gasteiger partial charge in [0.1, 0.15) is 5.82 Å². The van der Waals surface area contributed by atoms with Gasteiger partial charge >= 0.3 is 0 Å². The van der Waals surface area contributed by atoms with E-state index in [0.717, 1.165) is 18.4 Å². The minimum absolute atomic E-state index is 0.0606. The fraction of sp³-hybridized carbons (Fsp3) is 0.143. The molecule has 0 heterocycles. The molecule has 0 bridgehead atoms. The van der Waals surface area contributed by atoms with Crippen LogP contribution in [0.15, 0.2) is 18.2 Å². The molecule has 0 aliphatic heterocycles. The van der Waals surface area contributed by atoms with Gasteiger partial charge in [-0.3, -0.25) is 4.72 Å². The third kappa shape index (κ3) is 2.90. The van der Waals surface area contributed by atoms with Crippen molar-refractivity contribution < 1.29 is 12.8 Å². The molecule has 0 fully saturated rings. The third-order valence-corrected chi connectivity index (χ3v) is 1.90. The standard InChI is InChI=1S/C7H9FN2O2S/c1-13(11,12)10-7-3-2-5(8)4-6(7)9/h2-4,10H,9H2,1H3. The van der Waals surface area contributed by atoms with Crippen LogP contribution >= 0.6 is 0 Å². The number of nitrogens with one attached hydrogen (secondary N) is 1. The van der Waals surface area contributed by atoms with E-state index in [4.69, 9.17) is 5.73 Å². The van der Waals surface area contributed by atoms with E-state index in [0.29, 0.717) is 0 Å². The predicted octanol–water partition coefficient (Wildman–Crippen LogP) is 0.779. The van der Waals surface area contributed by atoms with Crippen LogP contribution in [0.5, 0.6) is 0 Å². The van der Waals surface area contributed by atoms with Crippen molar-refractivity contribution in [3.63, 3.8) is 0 Å². The lowest BCUT2D eigenvalue weighted by Gasteiger charge is -2.06. The number of hydrogen-bond acceptors (Lipinski definition) is 3. The summed E-state index contributed by atoms with van der Waals surface area (Å²) in [5.74, 6) is -0.503. The molecule has 0 saturated carbocycles. The molecule has 1 rings (SSSR count). The van der Waals surface area contributed by atoms with Gasteiger partial charge in [0.25, 0.3) is 0 Å². The van der Waals surface area contributed by atoms with Crippen LogP contribution in [-0.4, -0.2) is 14.7 Å². The van der Waals surface area contributed by atoms with E-state index in [2.05, 4.69) is 4.72 Å². The van der Waals surface area contributed by atoms with Gasteiger partial charge in [-0.25, -0.2) is 12.8 Å². The Kier molecular flexibility index (Phi) is 2.42. The first-order chi connectivity index (χ1) is 5.88. The van der Waals surface area contributed by atoms with Crippen LogP contribution in [-0.2, 0) is 10.0 Å². The lowest BCUT2D eigenvalue weighted by Crippen LogP contribution is -2.11. The second kappa shape index (κ2) is 3.21. The maximum absolute atomic E-state index is 12.5. The van der Waals surface area contributed by atoms with Gasteiger partial charge in [0.2, 0.25) is 10.0 Å². The molecule has 72 valence electrons. The van der Waals surface area contributed by atoms with Crippen molar-refractivity contribution >= 4 is 21.4 Å². The second-order valence-corrected chi connectivity index (χ2v) is 4.35. The molecule has 0 spiro atoms. The molecule has 3 N–H and O–H groups in total.